The van der Waals surface area contributed by atoms with Gasteiger partial charge in [0.05, 0.1) is 12.7 Å². The first-order valence-corrected chi connectivity index (χ1v) is 4.50. The second-order valence-corrected chi connectivity index (χ2v) is 3.70. The van der Waals surface area contributed by atoms with E-state index in [1.165, 1.54) is 5.56 Å². The molecule has 1 aliphatic heterocycles. The van der Waals surface area contributed by atoms with Crippen LogP contribution in [0.2, 0.25) is 0 Å². The molecule has 1 aromatic rings. The van der Waals surface area contributed by atoms with Crippen LogP contribution < -0.4 is 0 Å². The summed E-state index contributed by atoms with van der Waals surface area (Å²) in [5.74, 6) is 0. The summed E-state index contributed by atoms with van der Waals surface area (Å²) in [6, 6.07) is 8.40. The molecule has 0 radical (unpaired) electrons. The van der Waals surface area contributed by atoms with Gasteiger partial charge in [0.2, 0.25) is 0 Å². The largest absolute Gasteiger partial charge is 0.373 e. The molecule has 1 atom stereocenters. The predicted molar refractivity (Wildman–Crippen MR) is 47.6 cm³/mol. The molecule has 11 heavy (non-hydrogen) atoms. The lowest BCUT2D eigenvalue weighted by Crippen LogP contribution is -1.91. The molecule has 0 N–H and O–H groups in total. The van der Waals surface area contributed by atoms with Crippen LogP contribution in [0.15, 0.2) is 28.7 Å². The second kappa shape index (κ2) is 2.95. The average molecular weight is 213 g/mol. The fourth-order valence-corrected chi connectivity index (χ4v) is 1.33. The number of hydrogen-bond acceptors (Lipinski definition) is 1. The van der Waals surface area contributed by atoms with Crippen LogP contribution in [0, 0.1) is 0 Å². The van der Waals surface area contributed by atoms with Crippen LogP contribution >= 0.6 is 15.9 Å². The number of hydrogen-bond donors (Lipinski definition) is 0. The fourth-order valence-electron chi connectivity index (χ4n) is 1.07. The Morgan fingerprint density at radius 1 is 1.36 bits per heavy atom. The van der Waals surface area contributed by atoms with Crippen LogP contribution in [0.3, 0.4) is 0 Å². The monoisotopic (exact) mass is 212 g/mol. The van der Waals surface area contributed by atoms with E-state index in [2.05, 4.69) is 40.2 Å². The van der Waals surface area contributed by atoms with Crippen molar-refractivity contribution in [2.75, 3.05) is 6.61 Å². The summed E-state index contributed by atoms with van der Waals surface area (Å²) in [7, 11) is 0. The molecular formula is C9H9BrO. The standard InChI is InChI=1S/C9H9BrO/c10-8-3-1-7(2-4-8)5-9-6-11-9/h1-4,9H,5-6H2. The van der Waals surface area contributed by atoms with Gasteiger partial charge in [0.1, 0.15) is 0 Å². The van der Waals surface area contributed by atoms with E-state index in [4.69, 9.17) is 4.74 Å². The second-order valence-electron chi connectivity index (χ2n) is 2.79. The Bertz CT molecular complexity index is 238. The molecular weight excluding hydrogens is 204 g/mol. The van der Waals surface area contributed by atoms with Crippen molar-refractivity contribution < 1.29 is 4.74 Å². The van der Waals surface area contributed by atoms with E-state index in [0.29, 0.717) is 6.10 Å². The Balaban J connectivity index is 2.06. The Morgan fingerprint density at radius 2 is 2.00 bits per heavy atom. The summed E-state index contributed by atoms with van der Waals surface area (Å²) in [5.41, 5.74) is 1.36. The topological polar surface area (TPSA) is 12.5 Å². The number of benzene rings is 1. The van der Waals surface area contributed by atoms with Crippen LogP contribution in [0.5, 0.6) is 0 Å². The van der Waals surface area contributed by atoms with Gasteiger partial charge < -0.3 is 4.74 Å². The molecule has 1 aromatic carbocycles. The van der Waals surface area contributed by atoms with E-state index in [-0.39, 0.29) is 0 Å². The van der Waals surface area contributed by atoms with Crippen molar-refractivity contribution in [3.05, 3.63) is 34.3 Å². The number of rotatable bonds is 2. The van der Waals surface area contributed by atoms with Crippen LogP contribution in [-0.4, -0.2) is 12.7 Å². The molecule has 2 rings (SSSR count). The van der Waals surface area contributed by atoms with Gasteiger partial charge in [-0.15, -0.1) is 0 Å². The molecule has 1 saturated heterocycles. The van der Waals surface area contributed by atoms with E-state index < -0.39 is 0 Å². The first-order chi connectivity index (χ1) is 5.34. The van der Waals surface area contributed by atoms with Crippen molar-refractivity contribution in [2.24, 2.45) is 0 Å². The minimum atomic E-state index is 0.496. The number of epoxide rings is 1. The molecule has 58 valence electrons. The third kappa shape index (κ3) is 2.04. The zero-order valence-electron chi connectivity index (χ0n) is 6.09. The molecule has 0 spiro atoms. The highest BCUT2D eigenvalue weighted by Gasteiger charge is 2.22. The maximum absolute atomic E-state index is 5.13. The van der Waals surface area contributed by atoms with Gasteiger partial charge in [-0.3, -0.25) is 0 Å². The van der Waals surface area contributed by atoms with Gasteiger partial charge in [-0.2, -0.15) is 0 Å². The summed E-state index contributed by atoms with van der Waals surface area (Å²) < 4.78 is 6.27. The molecule has 1 unspecified atom stereocenters. The van der Waals surface area contributed by atoms with Gasteiger partial charge in [-0.25, -0.2) is 0 Å². The van der Waals surface area contributed by atoms with E-state index in [1.807, 2.05) is 0 Å². The summed E-state index contributed by atoms with van der Waals surface area (Å²) in [6.45, 7) is 0.941. The van der Waals surface area contributed by atoms with Gasteiger partial charge in [0.25, 0.3) is 0 Å². The van der Waals surface area contributed by atoms with Crippen LogP contribution in [0.1, 0.15) is 5.56 Å². The normalized spacial score (nSPS) is 21.7. The van der Waals surface area contributed by atoms with Gasteiger partial charge in [-0.05, 0) is 17.7 Å². The molecule has 2 heteroatoms. The molecule has 1 nitrogen and oxygen atoms in total. The Hall–Kier alpha value is -0.340. The SMILES string of the molecule is Brc1ccc(CC2CO2)cc1. The highest BCUT2D eigenvalue weighted by molar-refractivity contribution is 9.10. The molecule has 0 aliphatic carbocycles. The Labute approximate surface area is 74.5 Å². The zero-order chi connectivity index (χ0) is 7.68. The number of ether oxygens (including phenoxy) is 1. The lowest BCUT2D eigenvalue weighted by molar-refractivity contribution is 0.407. The summed E-state index contributed by atoms with van der Waals surface area (Å²) >= 11 is 3.40. The molecule has 0 aromatic heterocycles. The highest BCUT2D eigenvalue weighted by atomic mass is 79.9. The van der Waals surface area contributed by atoms with Crippen LogP contribution in [0.4, 0.5) is 0 Å². The molecule has 1 aliphatic rings. The summed E-state index contributed by atoms with van der Waals surface area (Å²) in [5, 5.41) is 0. The third-order valence-corrected chi connectivity index (χ3v) is 2.31. The van der Waals surface area contributed by atoms with Crippen molar-refractivity contribution in [1.82, 2.24) is 0 Å². The minimum Gasteiger partial charge on any atom is -0.373 e. The van der Waals surface area contributed by atoms with Crippen LogP contribution in [-0.2, 0) is 11.2 Å². The Morgan fingerprint density at radius 3 is 2.55 bits per heavy atom. The lowest BCUT2D eigenvalue weighted by atomic mass is 10.1. The zero-order valence-corrected chi connectivity index (χ0v) is 7.67. The van der Waals surface area contributed by atoms with E-state index in [9.17, 15) is 0 Å². The maximum Gasteiger partial charge on any atom is 0.0850 e. The molecule has 0 amide bonds. The smallest absolute Gasteiger partial charge is 0.0850 e. The summed E-state index contributed by atoms with van der Waals surface area (Å²) in [4.78, 5) is 0. The van der Waals surface area contributed by atoms with E-state index in [0.717, 1.165) is 17.5 Å². The quantitative estimate of drug-likeness (QED) is 0.687. The molecule has 1 fully saturated rings. The maximum atomic E-state index is 5.13. The third-order valence-electron chi connectivity index (χ3n) is 1.78. The van der Waals surface area contributed by atoms with Crippen molar-refractivity contribution in [1.29, 1.82) is 0 Å². The lowest BCUT2D eigenvalue weighted by Gasteiger charge is -1.96. The van der Waals surface area contributed by atoms with Crippen molar-refractivity contribution >= 4 is 15.9 Å². The predicted octanol–water partition coefficient (Wildman–Crippen LogP) is 2.39. The van der Waals surface area contributed by atoms with Gasteiger partial charge in [0.15, 0.2) is 0 Å². The Kier molecular flexibility index (Phi) is 1.96. The van der Waals surface area contributed by atoms with Gasteiger partial charge >= 0.3 is 0 Å². The van der Waals surface area contributed by atoms with Crippen molar-refractivity contribution in [2.45, 2.75) is 12.5 Å². The highest BCUT2D eigenvalue weighted by Crippen LogP contribution is 2.17. The molecule has 0 saturated carbocycles. The molecule has 0 bridgehead atoms. The van der Waals surface area contributed by atoms with Gasteiger partial charge in [-0.1, -0.05) is 28.1 Å². The average Bonchev–Trinajstić information content (AvgIpc) is 2.78. The first kappa shape index (κ1) is 7.32. The fraction of sp³-hybridized carbons (Fsp3) is 0.333. The van der Waals surface area contributed by atoms with Crippen LogP contribution in [0.25, 0.3) is 0 Å². The van der Waals surface area contributed by atoms with E-state index >= 15 is 0 Å². The minimum absolute atomic E-state index is 0.496. The first-order valence-electron chi connectivity index (χ1n) is 3.70. The van der Waals surface area contributed by atoms with E-state index in [1.54, 1.807) is 0 Å². The van der Waals surface area contributed by atoms with Crippen molar-refractivity contribution in [3.63, 3.8) is 0 Å². The molecule has 1 heterocycles. The number of halogens is 1. The summed E-state index contributed by atoms with van der Waals surface area (Å²) in [6.07, 6.45) is 1.56. The van der Waals surface area contributed by atoms with Crippen molar-refractivity contribution in [3.8, 4) is 0 Å². The van der Waals surface area contributed by atoms with Gasteiger partial charge in [0, 0.05) is 10.9 Å².